The number of aryl methyl sites for hydroxylation is 1. The van der Waals surface area contributed by atoms with Crippen molar-refractivity contribution in [2.24, 2.45) is 0 Å². The van der Waals surface area contributed by atoms with Gasteiger partial charge in [-0.25, -0.2) is 4.98 Å². The van der Waals surface area contributed by atoms with Gasteiger partial charge in [0.15, 0.2) is 11.5 Å². The summed E-state index contributed by atoms with van der Waals surface area (Å²) < 4.78 is 12.8. The molecular weight excluding hydrogens is 402 g/mol. The molecule has 4 aromatic rings. The summed E-state index contributed by atoms with van der Waals surface area (Å²) in [5.41, 5.74) is 4.88. The molecule has 0 radical (unpaired) electrons. The molecule has 1 atom stereocenters. The zero-order valence-corrected chi connectivity index (χ0v) is 18.8. The number of rotatable bonds is 7. The van der Waals surface area contributed by atoms with Crippen LogP contribution >= 0.6 is 0 Å². The molecule has 0 aliphatic carbocycles. The highest BCUT2D eigenvalue weighted by Crippen LogP contribution is 2.28. The Morgan fingerprint density at radius 3 is 2.47 bits per heavy atom. The first kappa shape index (κ1) is 21.4. The monoisotopic (exact) mass is 429 g/mol. The summed E-state index contributed by atoms with van der Waals surface area (Å²) >= 11 is 0. The first-order valence-electron chi connectivity index (χ1n) is 10.5. The van der Waals surface area contributed by atoms with E-state index in [1.54, 1.807) is 32.4 Å². The van der Waals surface area contributed by atoms with Crippen molar-refractivity contribution in [3.63, 3.8) is 0 Å². The quantitative estimate of drug-likeness (QED) is 0.454. The van der Waals surface area contributed by atoms with Crippen molar-refractivity contribution in [3.05, 3.63) is 89.2 Å². The third-order valence-electron chi connectivity index (χ3n) is 5.65. The van der Waals surface area contributed by atoms with Gasteiger partial charge in [0.2, 0.25) is 0 Å². The van der Waals surface area contributed by atoms with E-state index < -0.39 is 0 Å². The van der Waals surface area contributed by atoms with Crippen LogP contribution < -0.4 is 14.8 Å². The standard InChI is InChI=1S/C26H27N3O3/c1-17-9-5-6-10-20(17)16-29-22-12-8-7-11-21(22)28-25(29)18(2)27-26(30)19-13-14-23(31-3)24(15-19)32-4/h5-15,18H,16H2,1-4H3,(H,27,30). The Hall–Kier alpha value is -3.80. The summed E-state index contributed by atoms with van der Waals surface area (Å²) in [5.74, 6) is 1.70. The van der Waals surface area contributed by atoms with Crippen molar-refractivity contribution in [3.8, 4) is 11.5 Å². The molecule has 6 nitrogen and oxygen atoms in total. The van der Waals surface area contributed by atoms with E-state index in [0.29, 0.717) is 23.6 Å². The number of carbonyl (C=O) groups excluding carboxylic acids is 1. The van der Waals surface area contributed by atoms with E-state index in [2.05, 4.69) is 35.0 Å². The number of methoxy groups -OCH3 is 2. The van der Waals surface area contributed by atoms with Gasteiger partial charge >= 0.3 is 0 Å². The first-order chi connectivity index (χ1) is 15.5. The molecule has 3 aromatic carbocycles. The van der Waals surface area contributed by atoms with Gasteiger partial charge in [0.1, 0.15) is 5.82 Å². The average Bonchev–Trinajstić information content (AvgIpc) is 3.18. The lowest BCUT2D eigenvalue weighted by Crippen LogP contribution is -2.29. The highest BCUT2D eigenvalue weighted by molar-refractivity contribution is 5.95. The lowest BCUT2D eigenvalue weighted by molar-refractivity contribution is 0.0937. The number of nitrogens with zero attached hydrogens (tertiary/aromatic N) is 2. The topological polar surface area (TPSA) is 65.4 Å². The Morgan fingerprint density at radius 1 is 1.00 bits per heavy atom. The minimum atomic E-state index is -0.299. The fourth-order valence-electron chi connectivity index (χ4n) is 3.87. The molecule has 0 bridgehead atoms. The first-order valence-corrected chi connectivity index (χ1v) is 10.5. The van der Waals surface area contributed by atoms with E-state index in [1.165, 1.54) is 11.1 Å². The van der Waals surface area contributed by atoms with E-state index in [1.807, 2.05) is 37.3 Å². The summed E-state index contributed by atoms with van der Waals surface area (Å²) in [6.07, 6.45) is 0. The minimum absolute atomic E-state index is 0.201. The maximum absolute atomic E-state index is 13.0. The van der Waals surface area contributed by atoms with Crippen LogP contribution in [0.25, 0.3) is 11.0 Å². The van der Waals surface area contributed by atoms with Gasteiger partial charge in [-0.3, -0.25) is 4.79 Å². The van der Waals surface area contributed by atoms with Crippen molar-refractivity contribution in [2.45, 2.75) is 26.4 Å². The van der Waals surface area contributed by atoms with Crippen molar-refractivity contribution >= 4 is 16.9 Å². The maximum Gasteiger partial charge on any atom is 0.251 e. The smallest absolute Gasteiger partial charge is 0.251 e. The van der Waals surface area contributed by atoms with Gasteiger partial charge in [0, 0.05) is 12.1 Å². The van der Waals surface area contributed by atoms with Gasteiger partial charge < -0.3 is 19.4 Å². The number of amides is 1. The Balaban J connectivity index is 1.66. The normalized spacial score (nSPS) is 11.9. The van der Waals surface area contributed by atoms with Crippen molar-refractivity contribution < 1.29 is 14.3 Å². The number of fused-ring (bicyclic) bond motifs is 1. The van der Waals surface area contributed by atoms with Gasteiger partial charge in [-0.05, 0) is 55.3 Å². The molecule has 0 aliphatic rings. The predicted octanol–water partition coefficient (Wildman–Crippen LogP) is 4.90. The third kappa shape index (κ3) is 4.17. The van der Waals surface area contributed by atoms with E-state index in [9.17, 15) is 4.79 Å². The third-order valence-corrected chi connectivity index (χ3v) is 5.65. The number of benzene rings is 3. The number of carbonyl (C=O) groups is 1. The van der Waals surface area contributed by atoms with Crippen LogP contribution in [0.15, 0.2) is 66.7 Å². The molecule has 1 N–H and O–H groups in total. The summed E-state index contributed by atoms with van der Waals surface area (Å²) in [5, 5.41) is 3.08. The van der Waals surface area contributed by atoms with Gasteiger partial charge in [0.05, 0.1) is 31.3 Å². The fourth-order valence-corrected chi connectivity index (χ4v) is 3.87. The van der Waals surface area contributed by atoms with Crippen LogP contribution in [0, 0.1) is 6.92 Å². The van der Waals surface area contributed by atoms with E-state index in [0.717, 1.165) is 16.9 Å². The molecule has 1 aromatic heterocycles. The number of para-hydroxylation sites is 2. The largest absolute Gasteiger partial charge is 0.493 e. The molecule has 1 amide bonds. The van der Waals surface area contributed by atoms with E-state index >= 15 is 0 Å². The Bertz CT molecular complexity index is 1260. The van der Waals surface area contributed by atoms with E-state index in [4.69, 9.17) is 14.5 Å². The lowest BCUT2D eigenvalue weighted by atomic mass is 10.1. The molecule has 1 heterocycles. The van der Waals surface area contributed by atoms with Crippen LogP contribution in [0.2, 0.25) is 0 Å². The molecule has 6 heteroatoms. The van der Waals surface area contributed by atoms with Gasteiger partial charge in [-0.15, -0.1) is 0 Å². The second-order valence-electron chi connectivity index (χ2n) is 7.74. The summed E-state index contributed by atoms with van der Waals surface area (Å²) in [6.45, 7) is 4.74. The highest BCUT2D eigenvalue weighted by Gasteiger charge is 2.20. The Morgan fingerprint density at radius 2 is 1.72 bits per heavy atom. The number of nitrogens with one attached hydrogen (secondary N) is 1. The molecule has 0 saturated heterocycles. The van der Waals surface area contributed by atoms with Crippen LogP contribution in [0.1, 0.15) is 40.3 Å². The summed E-state index contributed by atoms with van der Waals surface area (Å²) in [6, 6.07) is 21.2. The van der Waals surface area contributed by atoms with Crippen molar-refractivity contribution in [2.75, 3.05) is 14.2 Å². The number of ether oxygens (including phenoxy) is 2. The Labute approximate surface area is 187 Å². The van der Waals surface area contributed by atoms with E-state index in [-0.39, 0.29) is 11.9 Å². The van der Waals surface area contributed by atoms with Crippen LogP contribution in [0.4, 0.5) is 0 Å². The molecular formula is C26H27N3O3. The van der Waals surface area contributed by atoms with Crippen LogP contribution in [0.3, 0.4) is 0 Å². The SMILES string of the molecule is COc1ccc(C(=O)NC(C)c2nc3ccccc3n2Cc2ccccc2C)cc1OC. The number of hydrogen-bond donors (Lipinski definition) is 1. The van der Waals surface area contributed by atoms with Crippen LogP contribution in [-0.2, 0) is 6.54 Å². The summed E-state index contributed by atoms with van der Waals surface area (Å²) in [4.78, 5) is 17.8. The van der Waals surface area contributed by atoms with Gasteiger partial charge in [0.25, 0.3) is 5.91 Å². The second-order valence-corrected chi connectivity index (χ2v) is 7.74. The number of imidazole rings is 1. The fraction of sp³-hybridized carbons (Fsp3) is 0.231. The zero-order chi connectivity index (χ0) is 22.7. The van der Waals surface area contributed by atoms with Gasteiger partial charge in [-0.2, -0.15) is 0 Å². The molecule has 1 unspecified atom stereocenters. The molecule has 0 saturated carbocycles. The summed E-state index contributed by atoms with van der Waals surface area (Å²) in [7, 11) is 3.12. The van der Waals surface area contributed by atoms with Gasteiger partial charge in [-0.1, -0.05) is 36.4 Å². The molecule has 164 valence electrons. The van der Waals surface area contributed by atoms with Crippen LogP contribution in [-0.4, -0.2) is 29.7 Å². The van der Waals surface area contributed by atoms with Crippen molar-refractivity contribution in [1.29, 1.82) is 0 Å². The molecule has 0 spiro atoms. The molecule has 0 fully saturated rings. The zero-order valence-electron chi connectivity index (χ0n) is 18.8. The second kappa shape index (κ2) is 9.14. The number of aromatic nitrogens is 2. The predicted molar refractivity (Wildman–Crippen MR) is 125 cm³/mol. The number of hydrogen-bond acceptors (Lipinski definition) is 4. The molecule has 4 rings (SSSR count). The molecule has 32 heavy (non-hydrogen) atoms. The maximum atomic E-state index is 13.0. The lowest BCUT2D eigenvalue weighted by Gasteiger charge is -2.18. The van der Waals surface area contributed by atoms with Crippen LogP contribution in [0.5, 0.6) is 11.5 Å². The minimum Gasteiger partial charge on any atom is -0.493 e. The highest BCUT2D eigenvalue weighted by atomic mass is 16.5. The average molecular weight is 430 g/mol. The Kier molecular flexibility index (Phi) is 6.12. The molecule has 0 aliphatic heterocycles. The van der Waals surface area contributed by atoms with Crippen molar-refractivity contribution in [1.82, 2.24) is 14.9 Å².